The predicted octanol–water partition coefficient (Wildman–Crippen LogP) is -0.766. The molecule has 0 radical (unpaired) electrons. The molecule has 0 saturated carbocycles. The molecule has 0 spiro atoms. The molecule has 0 aromatic rings. The molecule has 2 N–H and O–H groups in total. The van der Waals surface area contributed by atoms with E-state index in [-0.39, 0.29) is 72.3 Å². The van der Waals surface area contributed by atoms with Gasteiger partial charge in [-0.15, -0.1) is 0 Å². The Kier molecular flexibility index (Phi) is 30.6. The number of rotatable bonds is 5. The normalized spacial score (nSPS) is 7.80. The molecule has 0 aromatic heterocycles. The van der Waals surface area contributed by atoms with Gasteiger partial charge in [-0.1, -0.05) is 12.8 Å². The summed E-state index contributed by atoms with van der Waals surface area (Å²) in [6.07, 6.45) is 3.83. The summed E-state index contributed by atoms with van der Waals surface area (Å²) in [5, 5.41) is 16.6. The van der Waals surface area contributed by atoms with Crippen molar-refractivity contribution in [3.63, 3.8) is 0 Å². The first kappa shape index (κ1) is 17.9. The molecule has 4 heteroatoms. The molecule has 0 atom stereocenters. The molecular weight excluding hydrogens is 150 g/mol. The Bertz CT molecular complexity index is 38.7. The fraction of sp³-hybridized carbons (Fsp3) is 1.00. The molecule has 0 saturated heterocycles. The predicted molar refractivity (Wildman–Crippen MR) is 46.9 cm³/mol. The van der Waals surface area contributed by atoms with Gasteiger partial charge in [-0.25, -0.2) is 0 Å². The molecule has 0 rings (SSSR count). The molecule has 0 aromatic carbocycles. The van der Waals surface area contributed by atoms with E-state index in [0.717, 1.165) is 25.7 Å². The monoisotopic (exact) mass is 166 g/mol. The third-order valence-electron chi connectivity index (χ3n) is 1.07. The van der Waals surface area contributed by atoms with Crippen LogP contribution in [0.15, 0.2) is 0 Å². The van der Waals surface area contributed by atoms with Gasteiger partial charge in [-0.3, -0.25) is 0 Å². The third kappa shape index (κ3) is 16.5. The second kappa shape index (κ2) is 17.1. The fourth-order valence-corrected chi connectivity index (χ4v) is 0.577. The first-order chi connectivity index (χ1) is 3.91. The molecule has 0 heterocycles. The molecular formula is C6H16Na2O2. The van der Waals surface area contributed by atoms with Crippen LogP contribution in [0.2, 0.25) is 0 Å². The molecule has 0 aliphatic rings. The molecule has 0 aliphatic carbocycles. The standard InChI is InChI=1S/C6H14O2.2Na.2H/c7-5-3-1-2-4-6-8;;;;/h7-8H,1-6H2;;;;. The quantitative estimate of drug-likeness (QED) is 0.416. The van der Waals surface area contributed by atoms with Gasteiger partial charge in [-0.2, -0.15) is 0 Å². The van der Waals surface area contributed by atoms with Crippen molar-refractivity contribution < 1.29 is 10.2 Å². The van der Waals surface area contributed by atoms with Crippen molar-refractivity contribution in [2.75, 3.05) is 13.2 Å². The maximum absolute atomic E-state index is 8.30. The summed E-state index contributed by atoms with van der Waals surface area (Å²) in [5.74, 6) is 0. The summed E-state index contributed by atoms with van der Waals surface area (Å²) in [7, 11) is 0. The molecule has 10 heavy (non-hydrogen) atoms. The van der Waals surface area contributed by atoms with Crippen molar-refractivity contribution in [3.8, 4) is 0 Å². The summed E-state index contributed by atoms with van der Waals surface area (Å²) in [5.41, 5.74) is 0. The number of unbranched alkanes of at least 4 members (excludes halogenated alkanes) is 3. The van der Waals surface area contributed by atoms with Crippen LogP contribution in [0.25, 0.3) is 0 Å². The summed E-state index contributed by atoms with van der Waals surface area (Å²) in [6.45, 7) is 0.566. The second-order valence-corrected chi connectivity index (χ2v) is 1.86. The second-order valence-electron chi connectivity index (χ2n) is 1.86. The summed E-state index contributed by atoms with van der Waals surface area (Å²) < 4.78 is 0. The first-order valence-electron chi connectivity index (χ1n) is 3.13. The van der Waals surface area contributed by atoms with Gasteiger partial charge in [0.05, 0.1) is 0 Å². The molecule has 54 valence electrons. The third-order valence-corrected chi connectivity index (χ3v) is 1.07. The molecule has 0 unspecified atom stereocenters. The van der Waals surface area contributed by atoms with E-state index in [0.29, 0.717) is 0 Å². The topological polar surface area (TPSA) is 40.5 Å². The zero-order chi connectivity index (χ0) is 6.24. The van der Waals surface area contributed by atoms with E-state index >= 15 is 0 Å². The van der Waals surface area contributed by atoms with Gasteiger partial charge in [-0.05, 0) is 12.8 Å². The van der Waals surface area contributed by atoms with Crippen molar-refractivity contribution >= 4 is 59.1 Å². The molecule has 0 aliphatic heterocycles. The Labute approximate surface area is 107 Å². The first-order valence-corrected chi connectivity index (χ1v) is 3.13. The van der Waals surface area contributed by atoms with Crippen LogP contribution in [0.5, 0.6) is 0 Å². The van der Waals surface area contributed by atoms with Gasteiger partial charge in [0.25, 0.3) is 0 Å². The molecule has 0 bridgehead atoms. The van der Waals surface area contributed by atoms with E-state index in [2.05, 4.69) is 0 Å². The SMILES string of the molecule is OCCCCCCO.[NaH].[NaH]. The van der Waals surface area contributed by atoms with Gasteiger partial charge in [0, 0.05) is 13.2 Å². The van der Waals surface area contributed by atoms with E-state index in [4.69, 9.17) is 10.2 Å². The number of aliphatic hydroxyl groups is 2. The summed E-state index contributed by atoms with van der Waals surface area (Å²) >= 11 is 0. The van der Waals surface area contributed by atoms with Crippen molar-refractivity contribution in [2.24, 2.45) is 0 Å². The zero-order valence-corrected chi connectivity index (χ0v) is 5.14. The minimum atomic E-state index is 0. The van der Waals surface area contributed by atoms with E-state index in [9.17, 15) is 0 Å². The zero-order valence-electron chi connectivity index (χ0n) is 5.14. The van der Waals surface area contributed by atoms with E-state index in [1.54, 1.807) is 0 Å². The van der Waals surface area contributed by atoms with Crippen LogP contribution in [0, 0.1) is 0 Å². The van der Waals surface area contributed by atoms with Crippen molar-refractivity contribution in [2.45, 2.75) is 25.7 Å². The maximum atomic E-state index is 8.30. The Morgan fingerprint density at radius 1 is 0.600 bits per heavy atom. The minimum absolute atomic E-state index is 0. The molecule has 0 amide bonds. The van der Waals surface area contributed by atoms with E-state index < -0.39 is 0 Å². The van der Waals surface area contributed by atoms with Crippen molar-refractivity contribution in [3.05, 3.63) is 0 Å². The summed E-state index contributed by atoms with van der Waals surface area (Å²) in [4.78, 5) is 0. The molecule has 2 nitrogen and oxygen atoms in total. The van der Waals surface area contributed by atoms with Crippen molar-refractivity contribution in [1.82, 2.24) is 0 Å². The van der Waals surface area contributed by atoms with Crippen LogP contribution in [-0.4, -0.2) is 82.5 Å². The van der Waals surface area contributed by atoms with Crippen LogP contribution in [-0.2, 0) is 0 Å². The average molecular weight is 166 g/mol. The average Bonchev–Trinajstić information content (AvgIpc) is 1.81. The Balaban J connectivity index is -0.000000245. The number of hydrogen-bond acceptors (Lipinski definition) is 2. The van der Waals surface area contributed by atoms with Gasteiger partial charge in [0.2, 0.25) is 0 Å². The van der Waals surface area contributed by atoms with E-state index in [1.807, 2.05) is 0 Å². The van der Waals surface area contributed by atoms with Crippen molar-refractivity contribution in [1.29, 1.82) is 0 Å². The Morgan fingerprint density at radius 3 is 1.10 bits per heavy atom. The Hall–Kier alpha value is 1.92. The summed E-state index contributed by atoms with van der Waals surface area (Å²) in [6, 6.07) is 0. The van der Waals surface area contributed by atoms with Gasteiger partial charge < -0.3 is 10.2 Å². The van der Waals surface area contributed by atoms with E-state index in [1.165, 1.54) is 0 Å². The number of aliphatic hydroxyl groups excluding tert-OH is 2. The van der Waals surface area contributed by atoms with Crippen LogP contribution in [0.1, 0.15) is 25.7 Å². The Morgan fingerprint density at radius 2 is 0.900 bits per heavy atom. The van der Waals surface area contributed by atoms with Gasteiger partial charge >= 0.3 is 59.1 Å². The molecule has 0 fully saturated rings. The fourth-order valence-electron chi connectivity index (χ4n) is 0.577. The number of hydrogen-bond donors (Lipinski definition) is 2. The van der Waals surface area contributed by atoms with Crippen LogP contribution >= 0.6 is 0 Å². The van der Waals surface area contributed by atoms with Crippen LogP contribution in [0.4, 0.5) is 0 Å². The van der Waals surface area contributed by atoms with Crippen LogP contribution in [0.3, 0.4) is 0 Å². The van der Waals surface area contributed by atoms with Gasteiger partial charge in [0.15, 0.2) is 0 Å². The van der Waals surface area contributed by atoms with Crippen LogP contribution < -0.4 is 0 Å². The van der Waals surface area contributed by atoms with Gasteiger partial charge in [0.1, 0.15) is 0 Å².